The number of amides is 2. The van der Waals surface area contributed by atoms with E-state index in [-0.39, 0.29) is 24.2 Å². The summed E-state index contributed by atoms with van der Waals surface area (Å²) in [5.74, 6) is -0.751. The van der Waals surface area contributed by atoms with E-state index in [1.807, 2.05) is 0 Å². The van der Waals surface area contributed by atoms with Crippen LogP contribution in [-0.4, -0.2) is 36.5 Å². The molecule has 2 amide bonds. The third-order valence-electron chi connectivity index (χ3n) is 3.79. The van der Waals surface area contributed by atoms with E-state index >= 15 is 0 Å². The van der Waals surface area contributed by atoms with Gasteiger partial charge >= 0.3 is 5.97 Å². The van der Waals surface area contributed by atoms with Gasteiger partial charge < -0.3 is 15.4 Å². The molecule has 134 valence electrons. The van der Waals surface area contributed by atoms with E-state index in [0.717, 1.165) is 18.4 Å². The van der Waals surface area contributed by atoms with E-state index in [1.165, 1.54) is 13.2 Å². The number of benzene rings is 1. The molecule has 2 N–H and O–H groups in total. The minimum absolute atomic E-state index is 0.0691. The Balaban J connectivity index is 1.88. The lowest BCUT2D eigenvalue weighted by atomic mass is 10.0. The van der Waals surface area contributed by atoms with Crippen molar-refractivity contribution >= 4 is 23.9 Å². The van der Waals surface area contributed by atoms with Crippen LogP contribution >= 0.6 is 0 Å². The molecule has 2 rings (SSSR count). The molecular weight excluding hydrogens is 320 g/mol. The second kappa shape index (κ2) is 7.96. The van der Waals surface area contributed by atoms with Crippen LogP contribution in [0.4, 0.5) is 0 Å². The van der Waals surface area contributed by atoms with Crippen molar-refractivity contribution < 1.29 is 19.1 Å². The van der Waals surface area contributed by atoms with Crippen LogP contribution in [0, 0.1) is 0 Å². The van der Waals surface area contributed by atoms with E-state index in [2.05, 4.69) is 15.4 Å². The van der Waals surface area contributed by atoms with Gasteiger partial charge in [0.15, 0.2) is 0 Å². The lowest BCUT2D eigenvalue weighted by Gasteiger charge is -2.24. The zero-order valence-electron chi connectivity index (χ0n) is 14.8. The van der Waals surface area contributed by atoms with E-state index in [0.29, 0.717) is 11.6 Å². The van der Waals surface area contributed by atoms with Crippen LogP contribution in [0.2, 0.25) is 0 Å². The van der Waals surface area contributed by atoms with Gasteiger partial charge in [-0.15, -0.1) is 0 Å². The first kappa shape index (κ1) is 18.7. The molecule has 1 aromatic rings. The molecule has 0 aromatic heterocycles. The van der Waals surface area contributed by atoms with Gasteiger partial charge in [0.05, 0.1) is 13.5 Å². The van der Waals surface area contributed by atoms with Crippen LogP contribution in [0.3, 0.4) is 0 Å². The average molecular weight is 344 g/mol. The number of nitrogens with one attached hydrogen (secondary N) is 2. The Kier molecular flexibility index (Phi) is 5.96. The maximum absolute atomic E-state index is 12.0. The first-order chi connectivity index (χ1) is 11.8. The summed E-state index contributed by atoms with van der Waals surface area (Å²) in [4.78, 5) is 35.2. The number of carbonyl (C=O) groups excluding carboxylic acids is 3. The van der Waals surface area contributed by atoms with Gasteiger partial charge in [0.2, 0.25) is 5.91 Å². The van der Waals surface area contributed by atoms with Crippen LogP contribution in [0.1, 0.15) is 49.0 Å². The molecular formula is C19H24N2O4. The van der Waals surface area contributed by atoms with E-state index in [4.69, 9.17) is 0 Å². The van der Waals surface area contributed by atoms with Crippen LogP contribution in [0.15, 0.2) is 30.3 Å². The molecule has 1 aromatic carbocycles. The normalized spacial score (nSPS) is 14.2. The third kappa shape index (κ3) is 6.41. The van der Waals surface area contributed by atoms with Crippen LogP contribution in [-0.2, 0) is 14.3 Å². The Bertz CT molecular complexity index is 673. The maximum atomic E-state index is 12.0. The number of hydrogen-bond acceptors (Lipinski definition) is 4. The zero-order chi connectivity index (χ0) is 18.4. The molecule has 0 spiro atoms. The molecule has 1 aliphatic rings. The Morgan fingerprint density at radius 1 is 1.20 bits per heavy atom. The molecule has 0 saturated heterocycles. The summed E-state index contributed by atoms with van der Waals surface area (Å²) >= 11 is 0. The first-order valence-electron chi connectivity index (χ1n) is 8.27. The van der Waals surface area contributed by atoms with Gasteiger partial charge in [-0.2, -0.15) is 0 Å². The monoisotopic (exact) mass is 344 g/mol. The Labute approximate surface area is 147 Å². The molecule has 6 heteroatoms. The lowest BCUT2D eigenvalue weighted by Crippen LogP contribution is -2.44. The second-order valence-electron chi connectivity index (χ2n) is 6.83. The van der Waals surface area contributed by atoms with Gasteiger partial charge in [-0.25, -0.2) is 0 Å². The van der Waals surface area contributed by atoms with Crippen LogP contribution in [0.25, 0.3) is 6.08 Å². The first-order valence-corrected chi connectivity index (χ1v) is 8.27. The molecule has 1 saturated carbocycles. The SMILES string of the molecule is COC(=O)CC(C)(C)NC(=O)C=Cc1ccc(C(=O)NC2CC2)cc1. The summed E-state index contributed by atoms with van der Waals surface area (Å²) in [7, 11) is 1.31. The lowest BCUT2D eigenvalue weighted by molar-refractivity contribution is -0.142. The Morgan fingerprint density at radius 2 is 1.84 bits per heavy atom. The van der Waals surface area contributed by atoms with Crippen molar-refractivity contribution in [3.63, 3.8) is 0 Å². The fourth-order valence-electron chi connectivity index (χ4n) is 2.27. The minimum Gasteiger partial charge on any atom is -0.469 e. The molecule has 0 heterocycles. The highest BCUT2D eigenvalue weighted by atomic mass is 16.5. The van der Waals surface area contributed by atoms with Crippen molar-refractivity contribution in [1.29, 1.82) is 0 Å². The molecule has 0 aliphatic heterocycles. The number of esters is 1. The highest BCUT2D eigenvalue weighted by Crippen LogP contribution is 2.19. The number of ether oxygens (including phenoxy) is 1. The highest BCUT2D eigenvalue weighted by molar-refractivity contribution is 5.95. The molecule has 6 nitrogen and oxygen atoms in total. The number of carbonyl (C=O) groups is 3. The molecule has 0 bridgehead atoms. The summed E-state index contributed by atoms with van der Waals surface area (Å²) in [6.07, 6.45) is 5.25. The van der Waals surface area contributed by atoms with Crippen molar-refractivity contribution in [2.45, 2.75) is 44.7 Å². The summed E-state index contributed by atoms with van der Waals surface area (Å²) in [5, 5.41) is 5.69. The third-order valence-corrected chi connectivity index (χ3v) is 3.79. The van der Waals surface area contributed by atoms with Crippen molar-refractivity contribution in [2.24, 2.45) is 0 Å². The molecule has 0 unspecified atom stereocenters. The molecule has 0 radical (unpaired) electrons. The minimum atomic E-state index is -0.695. The van der Waals surface area contributed by atoms with E-state index < -0.39 is 5.54 Å². The summed E-state index contributed by atoms with van der Waals surface area (Å²) < 4.78 is 4.61. The zero-order valence-corrected chi connectivity index (χ0v) is 14.8. The average Bonchev–Trinajstić information content (AvgIpc) is 3.36. The van der Waals surface area contributed by atoms with Gasteiger partial charge in [0.25, 0.3) is 5.91 Å². The maximum Gasteiger partial charge on any atom is 0.307 e. The molecule has 25 heavy (non-hydrogen) atoms. The number of hydrogen-bond donors (Lipinski definition) is 2. The van der Waals surface area contributed by atoms with Gasteiger partial charge in [0.1, 0.15) is 0 Å². The van der Waals surface area contributed by atoms with Crippen molar-refractivity contribution in [2.75, 3.05) is 7.11 Å². The van der Waals surface area contributed by atoms with Gasteiger partial charge in [-0.05, 0) is 50.5 Å². The number of rotatable bonds is 7. The number of methoxy groups -OCH3 is 1. The standard InChI is InChI=1S/C19H24N2O4/c1-19(2,12-17(23)25-3)21-16(22)11-6-13-4-7-14(8-5-13)18(24)20-15-9-10-15/h4-8,11,15H,9-10,12H2,1-3H3,(H,20,24)(H,21,22). The Hall–Kier alpha value is -2.63. The quantitative estimate of drug-likeness (QED) is 0.586. The predicted molar refractivity (Wildman–Crippen MR) is 94.8 cm³/mol. The molecule has 0 atom stereocenters. The van der Waals surface area contributed by atoms with Gasteiger partial charge in [-0.3, -0.25) is 14.4 Å². The highest BCUT2D eigenvalue weighted by Gasteiger charge is 2.24. The largest absolute Gasteiger partial charge is 0.469 e. The van der Waals surface area contributed by atoms with E-state index in [9.17, 15) is 14.4 Å². The van der Waals surface area contributed by atoms with Crippen LogP contribution in [0.5, 0.6) is 0 Å². The van der Waals surface area contributed by atoms with E-state index in [1.54, 1.807) is 44.2 Å². The summed E-state index contributed by atoms with van der Waals surface area (Å²) in [5.41, 5.74) is 0.718. The van der Waals surface area contributed by atoms with Gasteiger partial charge in [0, 0.05) is 23.2 Å². The van der Waals surface area contributed by atoms with Crippen molar-refractivity contribution in [3.8, 4) is 0 Å². The summed E-state index contributed by atoms with van der Waals surface area (Å²) in [6, 6.07) is 7.35. The summed E-state index contributed by atoms with van der Waals surface area (Å²) in [6.45, 7) is 3.51. The topological polar surface area (TPSA) is 84.5 Å². The predicted octanol–water partition coefficient (Wildman–Crippen LogP) is 2.05. The second-order valence-corrected chi connectivity index (χ2v) is 6.83. The van der Waals surface area contributed by atoms with Gasteiger partial charge in [-0.1, -0.05) is 12.1 Å². The van der Waals surface area contributed by atoms with Crippen molar-refractivity contribution in [3.05, 3.63) is 41.5 Å². The van der Waals surface area contributed by atoms with Crippen LogP contribution < -0.4 is 10.6 Å². The fourth-order valence-corrected chi connectivity index (χ4v) is 2.27. The smallest absolute Gasteiger partial charge is 0.307 e. The fraction of sp³-hybridized carbons (Fsp3) is 0.421. The molecule has 1 fully saturated rings. The Morgan fingerprint density at radius 3 is 2.40 bits per heavy atom. The molecule has 1 aliphatic carbocycles. The van der Waals surface area contributed by atoms with Crippen molar-refractivity contribution in [1.82, 2.24) is 10.6 Å².